The number of alkyl halides is 1. The van der Waals surface area contributed by atoms with Crippen molar-refractivity contribution < 1.29 is 4.74 Å². The maximum absolute atomic E-state index is 6.13. The summed E-state index contributed by atoms with van der Waals surface area (Å²) in [5, 5.41) is 4.38. The molecular formula is C11H19BrClN3O. The van der Waals surface area contributed by atoms with Gasteiger partial charge in [-0.25, -0.2) is 0 Å². The average molecular weight is 325 g/mol. The third kappa shape index (κ3) is 4.25. The summed E-state index contributed by atoms with van der Waals surface area (Å²) < 4.78 is 7.99. The van der Waals surface area contributed by atoms with Gasteiger partial charge in [-0.05, 0) is 29.9 Å². The van der Waals surface area contributed by atoms with Crippen molar-refractivity contribution in [3.63, 3.8) is 0 Å². The van der Waals surface area contributed by atoms with E-state index in [2.05, 4.69) is 25.9 Å². The molecule has 4 nitrogen and oxygen atoms in total. The SMILES string of the molecule is COCC(Cl)CN(C)Cc1c(Br)c(C)nn1C. The van der Waals surface area contributed by atoms with Crippen LogP contribution in [0.15, 0.2) is 4.47 Å². The van der Waals surface area contributed by atoms with Gasteiger partial charge in [0, 0.05) is 27.2 Å². The van der Waals surface area contributed by atoms with Crippen LogP contribution >= 0.6 is 27.5 Å². The molecule has 0 saturated heterocycles. The van der Waals surface area contributed by atoms with Crippen LogP contribution in [-0.2, 0) is 18.3 Å². The molecule has 1 atom stereocenters. The Morgan fingerprint density at radius 2 is 2.24 bits per heavy atom. The highest BCUT2D eigenvalue weighted by molar-refractivity contribution is 9.10. The number of rotatable bonds is 6. The number of aryl methyl sites for hydroxylation is 2. The van der Waals surface area contributed by atoms with Crippen molar-refractivity contribution in [2.45, 2.75) is 18.8 Å². The minimum Gasteiger partial charge on any atom is -0.383 e. The predicted molar refractivity (Wildman–Crippen MR) is 73.5 cm³/mol. The standard InChI is InChI=1S/C11H19BrClN3O/c1-8-11(12)10(16(3)14-8)6-15(2)5-9(13)7-17-4/h9H,5-7H2,1-4H3. The molecule has 0 spiro atoms. The van der Waals surface area contributed by atoms with E-state index in [1.807, 2.05) is 25.7 Å². The lowest BCUT2D eigenvalue weighted by Gasteiger charge is -2.19. The fraction of sp³-hybridized carbons (Fsp3) is 0.727. The van der Waals surface area contributed by atoms with Crippen molar-refractivity contribution in [2.75, 3.05) is 27.3 Å². The first kappa shape index (κ1) is 15.0. The van der Waals surface area contributed by atoms with Crippen molar-refractivity contribution in [3.8, 4) is 0 Å². The maximum Gasteiger partial charge on any atom is 0.0739 e. The molecule has 1 heterocycles. The number of nitrogens with zero attached hydrogens (tertiary/aromatic N) is 3. The average Bonchev–Trinajstić information content (AvgIpc) is 2.45. The normalized spacial score (nSPS) is 13.4. The number of hydrogen-bond donors (Lipinski definition) is 0. The minimum absolute atomic E-state index is 0.0121. The lowest BCUT2D eigenvalue weighted by atomic mass is 10.3. The van der Waals surface area contributed by atoms with Crippen LogP contribution in [0.3, 0.4) is 0 Å². The molecule has 6 heteroatoms. The lowest BCUT2D eigenvalue weighted by molar-refractivity contribution is 0.180. The molecule has 17 heavy (non-hydrogen) atoms. The first-order valence-corrected chi connectivity index (χ1v) is 6.68. The van der Waals surface area contributed by atoms with E-state index in [0.717, 1.165) is 29.0 Å². The van der Waals surface area contributed by atoms with E-state index in [1.54, 1.807) is 7.11 Å². The zero-order chi connectivity index (χ0) is 13.0. The molecule has 0 aliphatic heterocycles. The van der Waals surface area contributed by atoms with Crippen molar-refractivity contribution in [3.05, 3.63) is 15.9 Å². The molecule has 0 aliphatic carbocycles. The van der Waals surface area contributed by atoms with E-state index in [-0.39, 0.29) is 5.38 Å². The Morgan fingerprint density at radius 3 is 2.71 bits per heavy atom. The topological polar surface area (TPSA) is 30.3 Å². The van der Waals surface area contributed by atoms with Crippen LogP contribution in [0.2, 0.25) is 0 Å². The summed E-state index contributed by atoms with van der Waals surface area (Å²) >= 11 is 9.68. The van der Waals surface area contributed by atoms with E-state index in [0.29, 0.717) is 6.61 Å². The van der Waals surface area contributed by atoms with Crippen molar-refractivity contribution >= 4 is 27.5 Å². The van der Waals surface area contributed by atoms with E-state index in [9.17, 15) is 0 Å². The number of ether oxygens (including phenoxy) is 1. The van der Waals surface area contributed by atoms with Gasteiger partial charge in [-0.15, -0.1) is 11.6 Å². The van der Waals surface area contributed by atoms with Crippen LogP contribution in [0.25, 0.3) is 0 Å². The smallest absolute Gasteiger partial charge is 0.0739 e. The molecule has 98 valence electrons. The Kier molecular flexibility index (Phi) is 5.92. The van der Waals surface area contributed by atoms with Gasteiger partial charge in [0.15, 0.2) is 0 Å². The highest BCUT2D eigenvalue weighted by Gasteiger charge is 2.14. The molecule has 0 aliphatic rings. The summed E-state index contributed by atoms with van der Waals surface area (Å²) in [5.41, 5.74) is 2.17. The van der Waals surface area contributed by atoms with Crippen LogP contribution in [0, 0.1) is 6.92 Å². The molecule has 1 aromatic heterocycles. The minimum atomic E-state index is 0.0121. The maximum atomic E-state index is 6.13. The van der Waals surface area contributed by atoms with Crippen molar-refractivity contribution in [1.82, 2.24) is 14.7 Å². The fourth-order valence-corrected chi connectivity index (χ4v) is 2.57. The summed E-state index contributed by atoms with van der Waals surface area (Å²) in [6.07, 6.45) is 0. The van der Waals surface area contributed by atoms with Gasteiger partial charge in [0.1, 0.15) is 0 Å². The van der Waals surface area contributed by atoms with Crippen LogP contribution < -0.4 is 0 Å². The summed E-state index contributed by atoms with van der Waals surface area (Å²) in [5.74, 6) is 0. The molecule has 0 bridgehead atoms. The van der Waals surface area contributed by atoms with Crippen LogP contribution in [0.1, 0.15) is 11.4 Å². The fourth-order valence-electron chi connectivity index (χ4n) is 1.74. The molecular weight excluding hydrogens is 305 g/mol. The Hall–Kier alpha value is -0.100. The second-order valence-corrected chi connectivity index (χ2v) is 5.63. The van der Waals surface area contributed by atoms with E-state index >= 15 is 0 Å². The second kappa shape index (κ2) is 6.73. The molecule has 0 saturated carbocycles. The molecule has 1 aromatic rings. The number of methoxy groups -OCH3 is 1. The van der Waals surface area contributed by atoms with Gasteiger partial charge in [0.2, 0.25) is 0 Å². The summed E-state index contributed by atoms with van der Waals surface area (Å²) in [7, 11) is 5.66. The summed E-state index contributed by atoms with van der Waals surface area (Å²) in [6, 6.07) is 0. The zero-order valence-corrected chi connectivity index (χ0v) is 13.0. The van der Waals surface area contributed by atoms with Gasteiger partial charge in [0.25, 0.3) is 0 Å². The Morgan fingerprint density at radius 1 is 1.59 bits per heavy atom. The molecule has 1 unspecified atom stereocenters. The monoisotopic (exact) mass is 323 g/mol. The third-order valence-corrected chi connectivity index (χ3v) is 3.83. The first-order chi connectivity index (χ1) is 7.95. The molecule has 1 rings (SSSR count). The third-order valence-electron chi connectivity index (χ3n) is 2.54. The van der Waals surface area contributed by atoms with Crippen LogP contribution in [0.4, 0.5) is 0 Å². The quantitative estimate of drug-likeness (QED) is 0.751. The molecule has 0 fully saturated rings. The molecule has 0 radical (unpaired) electrons. The second-order valence-electron chi connectivity index (χ2n) is 4.22. The van der Waals surface area contributed by atoms with Crippen LogP contribution in [-0.4, -0.2) is 47.4 Å². The number of hydrogen-bond acceptors (Lipinski definition) is 3. The Balaban J connectivity index is 2.58. The lowest BCUT2D eigenvalue weighted by Crippen LogP contribution is -2.29. The molecule has 0 N–H and O–H groups in total. The largest absolute Gasteiger partial charge is 0.383 e. The number of halogens is 2. The molecule has 0 aromatic carbocycles. The van der Waals surface area contributed by atoms with Gasteiger partial charge in [-0.2, -0.15) is 5.10 Å². The first-order valence-electron chi connectivity index (χ1n) is 5.45. The number of aromatic nitrogens is 2. The Labute approximate surface area is 116 Å². The van der Waals surface area contributed by atoms with E-state index < -0.39 is 0 Å². The van der Waals surface area contributed by atoms with Gasteiger partial charge in [0.05, 0.1) is 27.8 Å². The Bertz CT molecular complexity index is 370. The van der Waals surface area contributed by atoms with Gasteiger partial charge in [-0.3, -0.25) is 9.58 Å². The van der Waals surface area contributed by atoms with Crippen molar-refractivity contribution in [2.24, 2.45) is 7.05 Å². The van der Waals surface area contributed by atoms with Crippen molar-refractivity contribution in [1.29, 1.82) is 0 Å². The van der Waals surface area contributed by atoms with Gasteiger partial charge in [-0.1, -0.05) is 0 Å². The van der Waals surface area contributed by atoms with Gasteiger partial charge >= 0.3 is 0 Å². The predicted octanol–water partition coefficient (Wildman–Crippen LogP) is 2.18. The van der Waals surface area contributed by atoms with E-state index in [4.69, 9.17) is 16.3 Å². The highest BCUT2D eigenvalue weighted by atomic mass is 79.9. The summed E-state index contributed by atoms with van der Waals surface area (Å²) in [6.45, 7) is 4.15. The summed E-state index contributed by atoms with van der Waals surface area (Å²) in [4.78, 5) is 2.16. The van der Waals surface area contributed by atoms with E-state index in [1.165, 1.54) is 0 Å². The van der Waals surface area contributed by atoms with Crippen LogP contribution in [0.5, 0.6) is 0 Å². The highest BCUT2D eigenvalue weighted by Crippen LogP contribution is 2.21. The van der Waals surface area contributed by atoms with Gasteiger partial charge < -0.3 is 4.74 Å². The molecule has 0 amide bonds. The zero-order valence-electron chi connectivity index (χ0n) is 10.7.